The summed E-state index contributed by atoms with van der Waals surface area (Å²) < 4.78 is 18.2. The number of imidazole rings is 1. The van der Waals surface area contributed by atoms with E-state index in [1.807, 2.05) is 6.07 Å². The number of aromatic nitrogens is 3. The van der Waals surface area contributed by atoms with Crippen LogP contribution in [0.15, 0.2) is 53.1 Å². The van der Waals surface area contributed by atoms with E-state index in [2.05, 4.69) is 15.1 Å². The predicted octanol–water partition coefficient (Wildman–Crippen LogP) is 4.21. The molecule has 0 aliphatic heterocycles. The van der Waals surface area contributed by atoms with Gasteiger partial charge in [-0.25, -0.2) is 9.37 Å². The Balaban J connectivity index is 1.44. The molecule has 8 heteroatoms. The molecule has 0 fully saturated rings. The van der Waals surface area contributed by atoms with Gasteiger partial charge >= 0.3 is 0 Å². The van der Waals surface area contributed by atoms with Crippen LogP contribution in [0.3, 0.4) is 0 Å². The van der Waals surface area contributed by atoms with Gasteiger partial charge in [0.2, 0.25) is 5.76 Å². The molecule has 4 aromatic rings. The normalized spacial score (nSPS) is 11.1. The third-order valence-electron chi connectivity index (χ3n) is 4.29. The van der Waals surface area contributed by atoms with Crippen molar-refractivity contribution in [3.05, 3.63) is 82.2 Å². The van der Waals surface area contributed by atoms with E-state index < -0.39 is 0 Å². The van der Waals surface area contributed by atoms with Crippen molar-refractivity contribution in [2.24, 2.45) is 0 Å². The van der Waals surface area contributed by atoms with Crippen LogP contribution < -0.4 is 0 Å². The quantitative estimate of drug-likeness (QED) is 0.546. The molecule has 1 N–H and O–H groups in total. The summed E-state index contributed by atoms with van der Waals surface area (Å²) in [6.07, 6.45) is 0.450. The maximum absolute atomic E-state index is 13.0. The first-order valence-electron chi connectivity index (χ1n) is 8.57. The lowest BCUT2D eigenvalue weighted by Crippen LogP contribution is -2.26. The molecule has 2 aromatic carbocycles. The molecular weight excluding hydrogens is 383 g/mol. The highest BCUT2D eigenvalue weighted by molar-refractivity contribution is 6.31. The maximum atomic E-state index is 13.0. The van der Waals surface area contributed by atoms with Gasteiger partial charge in [0, 0.05) is 24.6 Å². The van der Waals surface area contributed by atoms with E-state index in [4.69, 9.17) is 16.1 Å². The smallest absolute Gasteiger partial charge is 0.292 e. The van der Waals surface area contributed by atoms with Crippen molar-refractivity contribution in [2.45, 2.75) is 13.0 Å². The van der Waals surface area contributed by atoms with E-state index in [0.29, 0.717) is 23.0 Å². The lowest BCUT2D eigenvalue weighted by molar-refractivity contribution is 0.0740. The van der Waals surface area contributed by atoms with Crippen LogP contribution in [0.1, 0.15) is 27.6 Å². The average Bonchev–Trinajstić information content (AvgIpc) is 3.29. The summed E-state index contributed by atoms with van der Waals surface area (Å²) in [6, 6.07) is 13.1. The molecule has 4 rings (SSSR count). The molecule has 2 heterocycles. The van der Waals surface area contributed by atoms with E-state index in [1.54, 1.807) is 37.4 Å². The van der Waals surface area contributed by atoms with Crippen molar-refractivity contribution in [1.82, 2.24) is 20.0 Å². The molecule has 0 spiro atoms. The van der Waals surface area contributed by atoms with Gasteiger partial charge in [-0.15, -0.1) is 0 Å². The van der Waals surface area contributed by atoms with Crippen molar-refractivity contribution < 1.29 is 13.7 Å². The monoisotopic (exact) mass is 398 g/mol. The Hall–Kier alpha value is -3.19. The van der Waals surface area contributed by atoms with Crippen LogP contribution in [-0.2, 0) is 13.0 Å². The second-order valence-electron chi connectivity index (χ2n) is 6.49. The molecule has 1 amide bonds. The number of hydrogen-bond donors (Lipinski definition) is 1. The number of H-pyrrole nitrogens is 1. The molecule has 142 valence electrons. The predicted molar refractivity (Wildman–Crippen MR) is 103 cm³/mol. The minimum atomic E-state index is -0.309. The number of nitrogens with one attached hydrogen (secondary N) is 1. The summed E-state index contributed by atoms with van der Waals surface area (Å²) in [4.78, 5) is 21.7. The van der Waals surface area contributed by atoms with Gasteiger partial charge in [-0.05, 0) is 35.9 Å². The van der Waals surface area contributed by atoms with Gasteiger partial charge in [0.1, 0.15) is 11.6 Å². The second-order valence-corrected chi connectivity index (χ2v) is 6.93. The van der Waals surface area contributed by atoms with Gasteiger partial charge in [-0.3, -0.25) is 4.79 Å². The number of aromatic amines is 1. The van der Waals surface area contributed by atoms with E-state index in [1.165, 1.54) is 17.0 Å². The lowest BCUT2D eigenvalue weighted by atomic mass is 10.1. The summed E-state index contributed by atoms with van der Waals surface area (Å²) in [6.45, 7) is 0.277. The Morgan fingerprint density at radius 1 is 1.21 bits per heavy atom. The van der Waals surface area contributed by atoms with Gasteiger partial charge in [0.05, 0.1) is 23.3 Å². The molecular formula is C20H16ClFN4O2. The Morgan fingerprint density at radius 3 is 2.79 bits per heavy atom. The van der Waals surface area contributed by atoms with Gasteiger partial charge in [-0.1, -0.05) is 28.9 Å². The highest BCUT2D eigenvalue weighted by atomic mass is 35.5. The SMILES string of the molecule is CN(Cc1nc2ccc(Cl)cc2[nH]1)C(=O)c1cc(Cc2ccc(F)cc2)no1. The standard InChI is InChI=1S/C20H16ClFN4O2/c1-26(11-19-23-16-7-4-13(21)9-17(16)24-19)20(27)18-10-15(25-28-18)8-12-2-5-14(22)6-3-12/h2-7,9-10H,8,11H2,1H3,(H,23,24). The van der Waals surface area contributed by atoms with Gasteiger partial charge in [-0.2, -0.15) is 0 Å². The maximum Gasteiger partial charge on any atom is 0.292 e. The van der Waals surface area contributed by atoms with Crippen molar-refractivity contribution >= 4 is 28.5 Å². The Kier molecular flexibility index (Phi) is 4.83. The number of carbonyl (C=O) groups excluding carboxylic acids is 1. The zero-order chi connectivity index (χ0) is 19.7. The van der Waals surface area contributed by atoms with E-state index >= 15 is 0 Å². The summed E-state index contributed by atoms with van der Waals surface area (Å²) in [7, 11) is 1.66. The summed E-state index contributed by atoms with van der Waals surface area (Å²) in [5, 5.41) is 4.55. The molecule has 2 aromatic heterocycles. The topological polar surface area (TPSA) is 75.0 Å². The first kappa shape index (κ1) is 18.2. The van der Waals surface area contributed by atoms with E-state index in [0.717, 1.165) is 16.6 Å². The number of rotatable bonds is 5. The van der Waals surface area contributed by atoms with Crippen molar-refractivity contribution in [2.75, 3.05) is 7.05 Å². The summed E-state index contributed by atoms with van der Waals surface area (Å²) >= 11 is 5.98. The molecule has 0 aliphatic carbocycles. The van der Waals surface area contributed by atoms with Crippen LogP contribution in [0.2, 0.25) is 5.02 Å². The van der Waals surface area contributed by atoms with E-state index in [-0.39, 0.29) is 24.0 Å². The Labute approximate surface area is 164 Å². The number of nitrogens with zero attached hydrogens (tertiary/aromatic N) is 3. The lowest BCUT2D eigenvalue weighted by Gasteiger charge is -2.13. The molecule has 0 radical (unpaired) electrons. The first-order chi connectivity index (χ1) is 13.5. The molecule has 28 heavy (non-hydrogen) atoms. The van der Waals surface area contributed by atoms with Crippen molar-refractivity contribution in [1.29, 1.82) is 0 Å². The number of fused-ring (bicyclic) bond motifs is 1. The van der Waals surface area contributed by atoms with Gasteiger partial charge in [0.15, 0.2) is 0 Å². The largest absolute Gasteiger partial charge is 0.351 e. The number of hydrogen-bond acceptors (Lipinski definition) is 4. The number of benzene rings is 2. The second kappa shape index (κ2) is 7.44. The third-order valence-corrected chi connectivity index (χ3v) is 4.53. The highest BCUT2D eigenvalue weighted by Crippen LogP contribution is 2.18. The zero-order valence-corrected chi connectivity index (χ0v) is 15.7. The summed E-state index contributed by atoms with van der Waals surface area (Å²) in [5.41, 5.74) is 3.07. The fourth-order valence-electron chi connectivity index (χ4n) is 2.90. The minimum Gasteiger partial charge on any atom is -0.351 e. The molecule has 0 atom stereocenters. The Bertz CT molecular complexity index is 1140. The molecule has 0 unspecified atom stereocenters. The first-order valence-corrected chi connectivity index (χ1v) is 8.95. The average molecular weight is 399 g/mol. The van der Waals surface area contributed by atoms with Crippen LogP contribution >= 0.6 is 11.6 Å². The number of amides is 1. The molecule has 0 aliphatic rings. The fourth-order valence-corrected chi connectivity index (χ4v) is 3.07. The molecule has 0 saturated heterocycles. The van der Waals surface area contributed by atoms with Crippen molar-refractivity contribution in [3.8, 4) is 0 Å². The Morgan fingerprint density at radius 2 is 2.00 bits per heavy atom. The summed E-state index contributed by atoms with van der Waals surface area (Å²) in [5.74, 6) is 0.170. The minimum absolute atomic E-state index is 0.138. The van der Waals surface area contributed by atoms with Crippen LogP contribution in [0.4, 0.5) is 4.39 Å². The van der Waals surface area contributed by atoms with Crippen LogP contribution in [-0.4, -0.2) is 33.0 Å². The van der Waals surface area contributed by atoms with Crippen LogP contribution in [0, 0.1) is 5.82 Å². The fraction of sp³-hybridized carbons (Fsp3) is 0.150. The zero-order valence-electron chi connectivity index (χ0n) is 14.9. The van der Waals surface area contributed by atoms with Gasteiger partial charge in [0.25, 0.3) is 5.91 Å². The molecule has 0 bridgehead atoms. The van der Waals surface area contributed by atoms with Crippen LogP contribution in [0.25, 0.3) is 11.0 Å². The highest BCUT2D eigenvalue weighted by Gasteiger charge is 2.19. The van der Waals surface area contributed by atoms with Crippen molar-refractivity contribution in [3.63, 3.8) is 0 Å². The molecule has 0 saturated carbocycles. The third kappa shape index (κ3) is 3.89. The number of carbonyl (C=O) groups is 1. The van der Waals surface area contributed by atoms with E-state index in [9.17, 15) is 9.18 Å². The molecule has 6 nitrogen and oxygen atoms in total. The van der Waals surface area contributed by atoms with Gasteiger partial charge < -0.3 is 14.4 Å². The number of halogens is 2. The van der Waals surface area contributed by atoms with Crippen LogP contribution in [0.5, 0.6) is 0 Å².